The summed E-state index contributed by atoms with van der Waals surface area (Å²) in [6.07, 6.45) is -10.2. The summed E-state index contributed by atoms with van der Waals surface area (Å²) in [5.41, 5.74) is -7.58. The predicted octanol–water partition coefficient (Wildman–Crippen LogP) is -0.260. The van der Waals surface area contributed by atoms with Gasteiger partial charge in [0.05, 0.1) is 29.7 Å². The topological polar surface area (TPSA) is 215 Å². The van der Waals surface area contributed by atoms with Crippen molar-refractivity contribution in [1.82, 2.24) is 5.32 Å². The maximum Gasteiger partial charge on any atom is 0.341 e. The summed E-state index contributed by atoms with van der Waals surface area (Å²) in [6, 6.07) is 0. The number of aliphatic hydroxyl groups is 4. The van der Waals surface area contributed by atoms with E-state index in [-0.39, 0.29) is 36.3 Å². The highest BCUT2D eigenvalue weighted by Crippen LogP contribution is 2.64. The molecule has 0 radical (unpaired) electrons. The van der Waals surface area contributed by atoms with Gasteiger partial charge in [0, 0.05) is 38.5 Å². The van der Waals surface area contributed by atoms with Crippen LogP contribution in [0.4, 0.5) is 0 Å². The zero-order valence-corrected chi connectivity index (χ0v) is 26.5. The molecule has 0 aromatic carbocycles. The van der Waals surface area contributed by atoms with Gasteiger partial charge >= 0.3 is 17.9 Å². The monoisotopic (exact) mass is 637 g/mol. The molecule has 250 valence electrons. The fourth-order valence-corrected chi connectivity index (χ4v) is 7.88. The van der Waals surface area contributed by atoms with Crippen LogP contribution >= 0.6 is 0 Å². The Balaban J connectivity index is 1.96. The third-order valence-electron chi connectivity index (χ3n) is 10.4. The third-order valence-corrected chi connectivity index (χ3v) is 10.4. The highest BCUT2D eigenvalue weighted by atomic mass is 16.6. The van der Waals surface area contributed by atoms with Crippen LogP contribution in [0.2, 0.25) is 0 Å². The summed E-state index contributed by atoms with van der Waals surface area (Å²) in [4.78, 5) is 64.5. The molecule has 4 rings (SSSR count). The minimum absolute atomic E-state index is 0.0350. The minimum Gasteiger partial charge on any atom is -0.459 e. The number of amides is 1. The van der Waals surface area contributed by atoms with E-state index in [0.29, 0.717) is 0 Å². The van der Waals surface area contributed by atoms with Crippen LogP contribution in [0.25, 0.3) is 0 Å². The number of nitrogens with one attached hydrogen (secondary N) is 1. The molecule has 1 amide bonds. The summed E-state index contributed by atoms with van der Waals surface area (Å²) >= 11 is 0. The lowest BCUT2D eigenvalue weighted by molar-refractivity contribution is -0.347. The Morgan fingerprint density at radius 2 is 1.76 bits per heavy atom. The number of ketones is 1. The molecule has 45 heavy (non-hydrogen) atoms. The largest absolute Gasteiger partial charge is 0.459 e. The number of Topliss-reactive ketones (excluding diaryl/α,β-unsaturated/α-hetero) is 1. The Hall–Kier alpha value is -3.17. The van der Waals surface area contributed by atoms with Crippen molar-refractivity contribution < 1.29 is 63.3 Å². The summed E-state index contributed by atoms with van der Waals surface area (Å²) < 4.78 is 23.2. The smallest absolute Gasteiger partial charge is 0.341 e. The zero-order valence-electron chi connectivity index (χ0n) is 26.5. The minimum atomic E-state index is -2.24. The molecule has 1 unspecified atom stereocenters. The molecule has 2 bridgehead atoms. The first kappa shape index (κ1) is 34.7. The van der Waals surface area contributed by atoms with E-state index in [1.54, 1.807) is 0 Å². The standard InChI is InChI=1S/C31H43NO13/c1-9-20(36)44-26-24-29(8,18(35)10-19-30(24,12-42-19)45-16(5)34)25(39)23(38)21-13(2)17(11-31(26,41)28(21,6)7)43-27(40)22(37)14(3)32-15(4)33/h17-19,22-24,26,35,37-38,41H,3,9-12H2,1-2,4-8H3,(H,32,33)/t17?,18-,19+,22+,23+,24-,26-,29+,30-,31+/m0/s1. The maximum atomic E-state index is 14.5. The van der Waals surface area contributed by atoms with Crippen molar-refractivity contribution in [1.29, 1.82) is 0 Å². The number of ether oxygens (including phenoxy) is 4. The fraction of sp³-hybridized carbons (Fsp3) is 0.710. The van der Waals surface area contributed by atoms with Gasteiger partial charge in [-0.05, 0) is 25.0 Å². The highest BCUT2D eigenvalue weighted by Gasteiger charge is 2.78. The lowest BCUT2D eigenvalue weighted by Gasteiger charge is -2.67. The van der Waals surface area contributed by atoms with E-state index in [1.165, 1.54) is 34.6 Å². The molecule has 0 spiro atoms. The number of carbonyl (C=O) groups is 5. The molecule has 14 heteroatoms. The Labute approximate surface area is 260 Å². The van der Waals surface area contributed by atoms with Gasteiger partial charge in [-0.1, -0.05) is 27.4 Å². The second kappa shape index (κ2) is 11.6. The Kier molecular flexibility index (Phi) is 8.92. The molecular formula is C31H43NO13. The number of hydrogen-bond donors (Lipinski definition) is 5. The lowest BCUT2D eigenvalue weighted by atomic mass is 9.44. The van der Waals surface area contributed by atoms with E-state index in [2.05, 4.69) is 11.9 Å². The molecule has 1 aliphatic heterocycles. The van der Waals surface area contributed by atoms with Crippen molar-refractivity contribution >= 4 is 29.6 Å². The molecular weight excluding hydrogens is 594 g/mol. The first-order valence-electron chi connectivity index (χ1n) is 14.9. The number of carbonyl (C=O) groups excluding carboxylic acids is 5. The highest BCUT2D eigenvalue weighted by molar-refractivity contribution is 5.93. The van der Waals surface area contributed by atoms with Gasteiger partial charge in [0.1, 0.15) is 30.0 Å². The second-order valence-corrected chi connectivity index (χ2v) is 13.3. The number of esters is 3. The fourth-order valence-electron chi connectivity index (χ4n) is 7.88. The van der Waals surface area contributed by atoms with E-state index in [9.17, 15) is 44.4 Å². The normalized spacial score (nSPS) is 39.0. The average Bonchev–Trinajstić information content (AvgIpc) is 2.93. The molecule has 2 saturated carbocycles. The van der Waals surface area contributed by atoms with E-state index < -0.39 is 101 Å². The Morgan fingerprint density at radius 3 is 2.27 bits per heavy atom. The van der Waals surface area contributed by atoms with Crippen molar-refractivity contribution in [3.63, 3.8) is 0 Å². The van der Waals surface area contributed by atoms with Gasteiger partial charge in [-0.3, -0.25) is 19.2 Å². The number of hydrogen-bond acceptors (Lipinski definition) is 13. The number of rotatable bonds is 7. The van der Waals surface area contributed by atoms with E-state index in [0.717, 1.165) is 13.8 Å². The van der Waals surface area contributed by atoms with Crippen LogP contribution in [0.5, 0.6) is 0 Å². The third kappa shape index (κ3) is 5.10. The molecule has 0 aromatic heterocycles. The van der Waals surface area contributed by atoms with Crippen LogP contribution in [0.1, 0.15) is 67.7 Å². The molecule has 14 nitrogen and oxygen atoms in total. The first-order valence-corrected chi connectivity index (χ1v) is 14.9. The number of fused-ring (bicyclic) bond motifs is 5. The van der Waals surface area contributed by atoms with Crippen LogP contribution in [0, 0.1) is 16.7 Å². The van der Waals surface area contributed by atoms with Gasteiger partial charge in [0.2, 0.25) is 5.91 Å². The maximum absolute atomic E-state index is 14.5. The summed E-state index contributed by atoms with van der Waals surface area (Å²) in [7, 11) is 0. The van der Waals surface area contributed by atoms with Crippen molar-refractivity contribution in [3.8, 4) is 0 Å². The SMILES string of the molecule is C=C(NC(C)=O)[C@@H](O)C(=O)OC1C[C@@]2(O)[C@@H](OC(=O)CC)[C@@H]3[C@]4(OC(C)=O)CO[C@@H]4C[C@H](O)[C@@]3(C)C(=O)[C@H](O)C(=C1C)C2(C)C. The van der Waals surface area contributed by atoms with Crippen LogP contribution in [-0.2, 0) is 42.9 Å². The predicted molar refractivity (Wildman–Crippen MR) is 153 cm³/mol. The molecule has 3 fully saturated rings. The summed E-state index contributed by atoms with van der Waals surface area (Å²) in [5.74, 6) is -5.69. The summed E-state index contributed by atoms with van der Waals surface area (Å²) in [5, 5.41) is 48.9. The summed E-state index contributed by atoms with van der Waals surface area (Å²) in [6.45, 7) is 13.0. The van der Waals surface area contributed by atoms with Gasteiger partial charge in [0.15, 0.2) is 17.5 Å². The van der Waals surface area contributed by atoms with Crippen molar-refractivity contribution in [2.75, 3.05) is 6.61 Å². The van der Waals surface area contributed by atoms with E-state index >= 15 is 0 Å². The van der Waals surface area contributed by atoms with Crippen molar-refractivity contribution in [2.45, 2.75) is 116 Å². The van der Waals surface area contributed by atoms with Crippen LogP contribution < -0.4 is 5.32 Å². The first-order chi connectivity index (χ1) is 20.7. The van der Waals surface area contributed by atoms with Crippen molar-refractivity contribution in [2.24, 2.45) is 16.7 Å². The Morgan fingerprint density at radius 1 is 1.13 bits per heavy atom. The molecule has 1 saturated heterocycles. The zero-order chi connectivity index (χ0) is 34.0. The molecule has 1 heterocycles. The van der Waals surface area contributed by atoms with Gasteiger partial charge < -0.3 is 44.7 Å². The lowest BCUT2D eigenvalue weighted by Crippen LogP contribution is -2.81. The van der Waals surface area contributed by atoms with Gasteiger partial charge in [0.25, 0.3) is 0 Å². The van der Waals surface area contributed by atoms with Crippen molar-refractivity contribution in [3.05, 3.63) is 23.4 Å². The molecule has 0 aromatic rings. The molecule has 5 N–H and O–H groups in total. The molecule has 3 aliphatic carbocycles. The molecule has 4 aliphatic rings. The van der Waals surface area contributed by atoms with E-state index in [1.807, 2.05) is 0 Å². The van der Waals surface area contributed by atoms with Crippen LogP contribution in [0.15, 0.2) is 23.4 Å². The average molecular weight is 638 g/mol. The van der Waals surface area contributed by atoms with Crippen LogP contribution in [0.3, 0.4) is 0 Å². The quantitative estimate of drug-likeness (QED) is 0.138. The van der Waals surface area contributed by atoms with Crippen LogP contribution in [-0.4, -0.2) is 104 Å². The Bertz CT molecular complexity index is 1350. The van der Waals surface area contributed by atoms with Gasteiger partial charge in [-0.25, -0.2) is 4.79 Å². The van der Waals surface area contributed by atoms with Gasteiger partial charge in [-0.2, -0.15) is 0 Å². The number of aliphatic hydroxyl groups excluding tert-OH is 3. The van der Waals surface area contributed by atoms with Gasteiger partial charge in [-0.15, -0.1) is 0 Å². The second-order valence-electron chi connectivity index (χ2n) is 13.3. The van der Waals surface area contributed by atoms with E-state index in [4.69, 9.17) is 18.9 Å². The molecule has 10 atom stereocenters.